The zero-order valence-electron chi connectivity index (χ0n) is 6.58. The fourth-order valence-electron chi connectivity index (χ4n) is 0.933. The number of rotatable bonds is 1. The summed E-state index contributed by atoms with van der Waals surface area (Å²) in [6.07, 6.45) is -0.548. The lowest BCUT2D eigenvalue weighted by molar-refractivity contribution is 0.198. The lowest BCUT2D eigenvalue weighted by atomic mass is 10.1. The Labute approximate surface area is 79.6 Å². The maximum atomic E-state index is 9.29. The third-order valence-electron chi connectivity index (χ3n) is 1.58. The van der Waals surface area contributed by atoms with Crippen molar-refractivity contribution in [1.82, 2.24) is 0 Å². The minimum absolute atomic E-state index is 0.548. The third-order valence-corrected chi connectivity index (χ3v) is 2.30. The van der Waals surface area contributed by atoms with Gasteiger partial charge in [-0.05, 0) is 30.7 Å². The summed E-state index contributed by atoms with van der Waals surface area (Å²) in [6.45, 7) is 1.67. The van der Waals surface area contributed by atoms with Crippen LogP contribution in [0.3, 0.4) is 0 Å². The Bertz CT molecular complexity index is 328. The maximum Gasteiger partial charge on any atom is 0.0991 e. The predicted octanol–water partition coefficient (Wildman–Crippen LogP) is 2.37. The Morgan fingerprint density at radius 1 is 1.58 bits per heavy atom. The lowest BCUT2D eigenvalue weighted by Gasteiger charge is -2.06. The van der Waals surface area contributed by atoms with Crippen molar-refractivity contribution in [2.24, 2.45) is 0 Å². The van der Waals surface area contributed by atoms with Crippen LogP contribution in [0, 0.1) is 11.3 Å². The van der Waals surface area contributed by atoms with E-state index >= 15 is 0 Å². The van der Waals surface area contributed by atoms with Crippen LogP contribution in [0.1, 0.15) is 24.2 Å². The standard InChI is InChI=1S/C9H8BrNO/c1-6(12)8-4-7(5-11)2-3-9(8)10/h2-4,6,12H,1H3. The topological polar surface area (TPSA) is 44.0 Å². The molecule has 0 aliphatic carbocycles. The number of hydrogen-bond donors (Lipinski definition) is 1. The van der Waals surface area contributed by atoms with Crippen LogP contribution in [0.4, 0.5) is 0 Å². The molecule has 1 aromatic rings. The van der Waals surface area contributed by atoms with Gasteiger partial charge >= 0.3 is 0 Å². The molecule has 0 aromatic heterocycles. The van der Waals surface area contributed by atoms with Crippen LogP contribution in [0.5, 0.6) is 0 Å². The summed E-state index contributed by atoms with van der Waals surface area (Å²) in [5, 5.41) is 17.9. The van der Waals surface area contributed by atoms with E-state index in [0.29, 0.717) is 5.56 Å². The minimum atomic E-state index is -0.548. The van der Waals surface area contributed by atoms with Gasteiger partial charge in [0.1, 0.15) is 0 Å². The molecule has 0 aliphatic heterocycles. The van der Waals surface area contributed by atoms with E-state index in [0.717, 1.165) is 10.0 Å². The molecule has 1 rings (SSSR count). The zero-order valence-corrected chi connectivity index (χ0v) is 8.17. The average Bonchev–Trinajstić information content (AvgIpc) is 2.05. The van der Waals surface area contributed by atoms with Crippen LogP contribution in [0.2, 0.25) is 0 Å². The van der Waals surface area contributed by atoms with Gasteiger partial charge in [-0.15, -0.1) is 0 Å². The van der Waals surface area contributed by atoms with Crippen LogP contribution < -0.4 is 0 Å². The Balaban J connectivity index is 3.19. The van der Waals surface area contributed by atoms with Gasteiger partial charge in [0.15, 0.2) is 0 Å². The van der Waals surface area contributed by atoms with Gasteiger partial charge in [-0.1, -0.05) is 15.9 Å². The summed E-state index contributed by atoms with van der Waals surface area (Å²) in [7, 11) is 0. The highest BCUT2D eigenvalue weighted by atomic mass is 79.9. The van der Waals surface area contributed by atoms with E-state index in [1.54, 1.807) is 25.1 Å². The Hall–Kier alpha value is -0.850. The van der Waals surface area contributed by atoms with E-state index in [4.69, 9.17) is 5.26 Å². The first-order valence-electron chi connectivity index (χ1n) is 3.52. The van der Waals surface area contributed by atoms with E-state index in [-0.39, 0.29) is 0 Å². The second kappa shape index (κ2) is 3.70. The number of aliphatic hydroxyl groups excluding tert-OH is 1. The molecule has 0 bridgehead atoms. The molecule has 0 spiro atoms. The zero-order chi connectivity index (χ0) is 9.14. The van der Waals surface area contributed by atoms with E-state index < -0.39 is 6.10 Å². The summed E-state index contributed by atoms with van der Waals surface area (Å²) < 4.78 is 0.830. The van der Waals surface area contributed by atoms with Gasteiger partial charge in [0.2, 0.25) is 0 Å². The fraction of sp³-hybridized carbons (Fsp3) is 0.222. The highest BCUT2D eigenvalue weighted by Crippen LogP contribution is 2.23. The molecule has 0 radical (unpaired) electrons. The van der Waals surface area contributed by atoms with Crippen molar-refractivity contribution in [1.29, 1.82) is 5.26 Å². The van der Waals surface area contributed by atoms with Crippen LogP contribution in [-0.4, -0.2) is 5.11 Å². The van der Waals surface area contributed by atoms with Gasteiger partial charge < -0.3 is 5.11 Å². The van der Waals surface area contributed by atoms with Gasteiger partial charge in [-0.2, -0.15) is 5.26 Å². The SMILES string of the molecule is CC(O)c1cc(C#N)ccc1Br. The average molecular weight is 226 g/mol. The van der Waals surface area contributed by atoms with Crippen LogP contribution >= 0.6 is 15.9 Å². The first kappa shape index (κ1) is 9.24. The highest BCUT2D eigenvalue weighted by Gasteiger charge is 2.06. The van der Waals surface area contributed by atoms with Gasteiger partial charge in [0.25, 0.3) is 0 Å². The van der Waals surface area contributed by atoms with Crippen LogP contribution in [-0.2, 0) is 0 Å². The van der Waals surface area contributed by atoms with Crippen molar-refractivity contribution in [2.75, 3.05) is 0 Å². The molecule has 1 aromatic carbocycles. The number of hydrogen-bond acceptors (Lipinski definition) is 2. The minimum Gasteiger partial charge on any atom is -0.389 e. The molecule has 1 atom stereocenters. The Kier molecular flexibility index (Phi) is 2.85. The first-order valence-corrected chi connectivity index (χ1v) is 4.32. The monoisotopic (exact) mass is 225 g/mol. The van der Waals surface area contributed by atoms with Crippen LogP contribution in [0.25, 0.3) is 0 Å². The van der Waals surface area contributed by atoms with Crippen molar-refractivity contribution in [2.45, 2.75) is 13.0 Å². The molecule has 0 saturated heterocycles. The molecule has 0 fully saturated rings. The van der Waals surface area contributed by atoms with Gasteiger partial charge in [-0.3, -0.25) is 0 Å². The molecule has 2 nitrogen and oxygen atoms in total. The van der Waals surface area contributed by atoms with Crippen molar-refractivity contribution in [3.05, 3.63) is 33.8 Å². The van der Waals surface area contributed by atoms with E-state index in [1.807, 2.05) is 6.07 Å². The molecular formula is C9H8BrNO. The second-order valence-electron chi connectivity index (χ2n) is 2.52. The maximum absolute atomic E-state index is 9.29. The van der Waals surface area contributed by atoms with Crippen molar-refractivity contribution < 1.29 is 5.11 Å². The second-order valence-corrected chi connectivity index (χ2v) is 3.38. The number of nitriles is 1. The molecule has 0 amide bonds. The number of nitrogens with zero attached hydrogens (tertiary/aromatic N) is 1. The Morgan fingerprint density at radius 3 is 2.75 bits per heavy atom. The largest absolute Gasteiger partial charge is 0.389 e. The highest BCUT2D eigenvalue weighted by molar-refractivity contribution is 9.10. The van der Waals surface area contributed by atoms with Crippen LogP contribution in [0.15, 0.2) is 22.7 Å². The fourth-order valence-corrected chi connectivity index (χ4v) is 1.51. The molecular weight excluding hydrogens is 218 g/mol. The van der Waals surface area contributed by atoms with Gasteiger partial charge in [0.05, 0.1) is 17.7 Å². The van der Waals surface area contributed by atoms with E-state index in [2.05, 4.69) is 15.9 Å². The molecule has 3 heteroatoms. The summed E-state index contributed by atoms with van der Waals surface area (Å²) in [5.41, 5.74) is 1.31. The lowest BCUT2D eigenvalue weighted by Crippen LogP contribution is -1.93. The number of aliphatic hydroxyl groups is 1. The smallest absolute Gasteiger partial charge is 0.0991 e. The molecule has 0 aliphatic rings. The predicted molar refractivity (Wildman–Crippen MR) is 49.5 cm³/mol. The van der Waals surface area contributed by atoms with Gasteiger partial charge in [-0.25, -0.2) is 0 Å². The third kappa shape index (κ3) is 1.84. The van der Waals surface area contributed by atoms with Crippen molar-refractivity contribution in [3.8, 4) is 6.07 Å². The van der Waals surface area contributed by atoms with Crippen molar-refractivity contribution in [3.63, 3.8) is 0 Å². The normalized spacial score (nSPS) is 12.2. The van der Waals surface area contributed by atoms with E-state index in [9.17, 15) is 5.11 Å². The molecule has 12 heavy (non-hydrogen) atoms. The summed E-state index contributed by atoms with van der Waals surface area (Å²) in [6, 6.07) is 7.16. The van der Waals surface area contributed by atoms with Crippen molar-refractivity contribution >= 4 is 15.9 Å². The van der Waals surface area contributed by atoms with E-state index in [1.165, 1.54) is 0 Å². The Morgan fingerprint density at radius 2 is 2.25 bits per heavy atom. The van der Waals surface area contributed by atoms with Gasteiger partial charge in [0, 0.05) is 4.47 Å². The molecule has 1 unspecified atom stereocenters. The first-order chi connectivity index (χ1) is 5.65. The quantitative estimate of drug-likeness (QED) is 0.798. The molecule has 62 valence electrons. The number of benzene rings is 1. The molecule has 1 N–H and O–H groups in total. The molecule has 0 saturated carbocycles. The summed E-state index contributed by atoms with van der Waals surface area (Å²) >= 11 is 3.29. The molecule has 0 heterocycles. The summed E-state index contributed by atoms with van der Waals surface area (Å²) in [4.78, 5) is 0. The summed E-state index contributed by atoms with van der Waals surface area (Å²) in [5.74, 6) is 0. The number of halogens is 1.